The molecule has 1 heterocycles. The summed E-state index contributed by atoms with van der Waals surface area (Å²) in [6.07, 6.45) is -5.16. The second kappa shape index (κ2) is 7.19. The fourth-order valence-corrected chi connectivity index (χ4v) is 2.80. The molecule has 4 nitrogen and oxygen atoms in total. The van der Waals surface area contributed by atoms with E-state index in [1.165, 1.54) is 7.11 Å². The number of halogens is 3. The zero-order valence-corrected chi connectivity index (χ0v) is 12.5. The van der Waals surface area contributed by atoms with Gasteiger partial charge in [-0.15, -0.1) is 0 Å². The summed E-state index contributed by atoms with van der Waals surface area (Å²) >= 11 is 0. The molecule has 1 atom stereocenters. The minimum atomic E-state index is -4.21. The van der Waals surface area contributed by atoms with Crippen LogP contribution in [0.25, 0.3) is 0 Å². The van der Waals surface area contributed by atoms with Gasteiger partial charge in [0, 0.05) is 44.2 Å². The van der Waals surface area contributed by atoms with Crippen LogP contribution < -0.4 is 10.1 Å². The van der Waals surface area contributed by atoms with Crippen molar-refractivity contribution in [1.82, 2.24) is 10.2 Å². The molecule has 1 aliphatic heterocycles. The first-order valence-corrected chi connectivity index (χ1v) is 7.30. The monoisotopic (exact) mass is 318 g/mol. The molecule has 1 saturated heterocycles. The van der Waals surface area contributed by atoms with Crippen LogP contribution in [0.4, 0.5) is 13.2 Å². The standard InChI is InChI=1S/C15H21F3N2O2/c1-22-13-4-2-3-11(14(13)21)12(5-6-15(16,17)18)20-9-7-19-8-10-20/h2-4,12,19,21H,5-10H2,1H3/t12-/m0/s1. The Kier molecular flexibility index (Phi) is 5.52. The van der Waals surface area contributed by atoms with E-state index in [9.17, 15) is 18.3 Å². The summed E-state index contributed by atoms with van der Waals surface area (Å²) in [4.78, 5) is 1.98. The first kappa shape index (κ1) is 16.9. The molecule has 0 unspecified atom stereocenters. The largest absolute Gasteiger partial charge is 0.504 e. The third-order valence-electron chi connectivity index (χ3n) is 3.90. The highest BCUT2D eigenvalue weighted by molar-refractivity contribution is 5.47. The summed E-state index contributed by atoms with van der Waals surface area (Å²) < 4.78 is 42.9. The average molecular weight is 318 g/mol. The lowest BCUT2D eigenvalue weighted by atomic mass is 9.98. The number of alkyl halides is 3. The van der Waals surface area contributed by atoms with Crippen LogP contribution in [0.1, 0.15) is 24.4 Å². The summed E-state index contributed by atoms with van der Waals surface area (Å²) in [7, 11) is 1.42. The first-order valence-electron chi connectivity index (χ1n) is 7.30. The van der Waals surface area contributed by atoms with E-state index in [-0.39, 0.29) is 17.9 Å². The third-order valence-corrected chi connectivity index (χ3v) is 3.90. The summed E-state index contributed by atoms with van der Waals surface area (Å²) in [5.74, 6) is 0.209. The summed E-state index contributed by atoms with van der Waals surface area (Å²) in [6.45, 7) is 2.76. The number of benzene rings is 1. The van der Waals surface area contributed by atoms with Crippen molar-refractivity contribution in [3.63, 3.8) is 0 Å². The fraction of sp³-hybridized carbons (Fsp3) is 0.600. The van der Waals surface area contributed by atoms with E-state index in [4.69, 9.17) is 4.74 Å². The maximum absolute atomic E-state index is 12.6. The second-order valence-electron chi connectivity index (χ2n) is 5.35. The van der Waals surface area contributed by atoms with E-state index < -0.39 is 18.6 Å². The van der Waals surface area contributed by atoms with Crippen molar-refractivity contribution in [2.45, 2.75) is 25.1 Å². The van der Waals surface area contributed by atoms with Gasteiger partial charge >= 0.3 is 6.18 Å². The maximum atomic E-state index is 12.6. The Balaban J connectivity index is 2.26. The molecule has 2 N–H and O–H groups in total. The van der Waals surface area contributed by atoms with Crippen LogP contribution in [0.5, 0.6) is 11.5 Å². The van der Waals surface area contributed by atoms with Crippen molar-refractivity contribution in [2.75, 3.05) is 33.3 Å². The van der Waals surface area contributed by atoms with Crippen LogP contribution in [0, 0.1) is 0 Å². The van der Waals surface area contributed by atoms with Crippen LogP contribution in [0.15, 0.2) is 18.2 Å². The van der Waals surface area contributed by atoms with E-state index in [1.54, 1.807) is 18.2 Å². The number of piperazine rings is 1. The molecule has 124 valence electrons. The van der Waals surface area contributed by atoms with E-state index in [0.717, 1.165) is 13.1 Å². The number of hydrogen-bond donors (Lipinski definition) is 2. The van der Waals surface area contributed by atoms with E-state index in [2.05, 4.69) is 5.32 Å². The van der Waals surface area contributed by atoms with Gasteiger partial charge in [0.2, 0.25) is 0 Å². The summed E-state index contributed by atoms with van der Waals surface area (Å²) in [5.41, 5.74) is 0.491. The molecular formula is C15H21F3N2O2. The first-order chi connectivity index (χ1) is 10.4. The Morgan fingerprint density at radius 1 is 1.32 bits per heavy atom. The van der Waals surface area contributed by atoms with Crippen molar-refractivity contribution < 1.29 is 23.0 Å². The predicted octanol–water partition coefficient (Wildman–Crippen LogP) is 2.69. The van der Waals surface area contributed by atoms with Crippen molar-refractivity contribution in [1.29, 1.82) is 0 Å². The highest BCUT2D eigenvalue weighted by Crippen LogP contribution is 2.39. The van der Waals surface area contributed by atoms with Gasteiger partial charge in [0.25, 0.3) is 0 Å². The van der Waals surface area contributed by atoms with Crippen LogP contribution in [-0.4, -0.2) is 49.5 Å². The van der Waals surface area contributed by atoms with Gasteiger partial charge < -0.3 is 15.2 Å². The van der Waals surface area contributed by atoms with Crippen molar-refractivity contribution >= 4 is 0 Å². The van der Waals surface area contributed by atoms with Crippen molar-refractivity contribution in [3.8, 4) is 11.5 Å². The molecule has 0 radical (unpaired) electrons. The maximum Gasteiger partial charge on any atom is 0.389 e. The number of nitrogens with zero attached hydrogens (tertiary/aromatic N) is 1. The Morgan fingerprint density at radius 3 is 2.59 bits per heavy atom. The van der Waals surface area contributed by atoms with Crippen molar-refractivity contribution in [3.05, 3.63) is 23.8 Å². The molecule has 1 aromatic carbocycles. The number of hydrogen-bond acceptors (Lipinski definition) is 4. The fourth-order valence-electron chi connectivity index (χ4n) is 2.80. The molecule has 0 spiro atoms. The Morgan fingerprint density at radius 2 is 2.00 bits per heavy atom. The highest BCUT2D eigenvalue weighted by atomic mass is 19.4. The average Bonchev–Trinajstić information content (AvgIpc) is 2.49. The zero-order valence-electron chi connectivity index (χ0n) is 12.5. The molecule has 0 amide bonds. The van der Waals surface area contributed by atoms with Gasteiger partial charge in [0.1, 0.15) is 0 Å². The van der Waals surface area contributed by atoms with Crippen molar-refractivity contribution in [2.24, 2.45) is 0 Å². The quantitative estimate of drug-likeness (QED) is 0.876. The molecule has 0 aliphatic carbocycles. The lowest BCUT2D eigenvalue weighted by Gasteiger charge is -2.35. The van der Waals surface area contributed by atoms with E-state index >= 15 is 0 Å². The molecule has 1 fully saturated rings. The van der Waals surface area contributed by atoms with Gasteiger partial charge in [-0.05, 0) is 12.5 Å². The molecular weight excluding hydrogens is 297 g/mol. The highest BCUT2D eigenvalue weighted by Gasteiger charge is 2.32. The molecule has 22 heavy (non-hydrogen) atoms. The van der Waals surface area contributed by atoms with Crippen LogP contribution in [0.2, 0.25) is 0 Å². The molecule has 1 aliphatic rings. The Bertz CT molecular complexity index is 488. The molecule has 0 saturated carbocycles. The number of phenols is 1. The Hall–Kier alpha value is -1.47. The third kappa shape index (κ3) is 4.27. The Labute approximate surface area is 127 Å². The molecule has 1 aromatic rings. The normalized spacial score (nSPS) is 18.2. The topological polar surface area (TPSA) is 44.7 Å². The molecule has 0 bridgehead atoms. The van der Waals surface area contributed by atoms with Crippen LogP contribution in [-0.2, 0) is 0 Å². The lowest BCUT2D eigenvalue weighted by Crippen LogP contribution is -2.45. The van der Waals surface area contributed by atoms with Crippen LogP contribution in [0.3, 0.4) is 0 Å². The van der Waals surface area contributed by atoms with Gasteiger partial charge in [-0.1, -0.05) is 12.1 Å². The van der Waals surface area contributed by atoms with Gasteiger partial charge in [0.15, 0.2) is 11.5 Å². The number of para-hydroxylation sites is 1. The van der Waals surface area contributed by atoms with Gasteiger partial charge in [-0.2, -0.15) is 13.2 Å². The molecule has 7 heteroatoms. The predicted molar refractivity (Wildman–Crippen MR) is 77.1 cm³/mol. The minimum Gasteiger partial charge on any atom is -0.504 e. The number of aromatic hydroxyl groups is 1. The van der Waals surface area contributed by atoms with Gasteiger partial charge in [-0.3, -0.25) is 4.90 Å². The number of rotatable bonds is 5. The SMILES string of the molecule is COc1cccc([C@H](CCC(F)(F)F)N2CCNCC2)c1O. The number of phenolic OH excluding ortho intramolecular Hbond substituents is 1. The minimum absolute atomic E-state index is 0.0734. The lowest BCUT2D eigenvalue weighted by molar-refractivity contribution is -0.138. The van der Waals surface area contributed by atoms with Gasteiger partial charge in [0.05, 0.1) is 7.11 Å². The molecule has 2 rings (SSSR count). The van der Waals surface area contributed by atoms with E-state index in [1.807, 2.05) is 4.90 Å². The second-order valence-corrected chi connectivity index (χ2v) is 5.35. The number of nitrogens with one attached hydrogen (secondary N) is 1. The smallest absolute Gasteiger partial charge is 0.389 e. The zero-order chi connectivity index (χ0) is 16.2. The summed E-state index contributed by atoms with van der Waals surface area (Å²) in [6, 6.07) is 4.48. The van der Waals surface area contributed by atoms with Crippen LogP contribution >= 0.6 is 0 Å². The number of ether oxygens (including phenoxy) is 1. The molecule has 0 aromatic heterocycles. The van der Waals surface area contributed by atoms with E-state index in [0.29, 0.717) is 18.7 Å². The number of methoxy groups -OCH3 is 1. The van der Waals surface area contributed by atoms with Gasteiger partial charge in [-0.25, -0.2) is 0 Å². The summed E-state index contributed by atoms with van der Waals surface area (Å²) in [5, 5.41) is 13.5.